The molecule has 0 atom stereocenters. The highest BCUT2D eigenvalue weighted by atomic mass is 35.5. The summed E-state index contributed by atoms with van der Waals surface area (Å²) in [5, 5.41) is 6.59. The van der Waals surface area contributed by atoms with Crippen LogP contribution >= 0.6 is 23.4 Å². The van der Waals surface area contributed by atoms with Crippen molar-refractivity contribution in [3.8, 4) is 5.69 Å². The maximum Gasteiger partial charge on any atom is 0.266 e. The van der Waals surface area contributed by atoms with Gasteiger partial charge < -0.3 is 0 Å². The molecule has 0 aliphatic heterocycles. The quantitative estimate of drug-likeness (QED) is 0.373. The van der Waals surface area contributed by atoms with Crippen molar-refractivity contribution in [2.75, 3.05) is 11.5 Å². The molecule has 3 aromatic rings. The van der Waals surface area contributed by atoms with Gasteiger partial charge in [0.05, 0.1) is 22.3 Å². The number of hydrogen-bond acceptors (Lipinski definition) is 5. The molecule has 0 amide bonds. The molecule has 142 valence electrons. The second-order valence-electron chi connectivity index (χ2n) is 6.01. The van der Waals surface area contributed by atoms with E-state index in [1.165, 1.54) is 16.3 Å². The Balaban J connectivity index is 2.10. The molecule has 0 aliphatic carbocycles. The van der Waals surface area contributed by atoms with Gasteiger partial charge in [-0.3, -0.25) is 9.36 Å². The Bertz CT molecular complexity index is 1160. The molecule has 0 fully saturated rings. The van der Waals surface area contributed by atoms with Crippen molar-refractivity contribution < 1.29 is 8.42 Å². The zero-order valence-electron chi connectivity index (χ0n) is 14.6. The standard InChI is InChI=1S/C18H18ClN3O3S2/c1-12-14(19)7-4-9-16(12)22-17(23)13-6-2-3-8-15(13)21-18(22)26-10-5-11-27(20,24)25/h2-4,6-9H,5,10-11H2,1H3,(H2,20,24,25). The summed E-state index contributed by atoms with van der Waals surface area (Å²) in [5.74, 6) is 0.342. The van der Waals surface area contributed by atoms with E-state index >= 15 is 0 Å². The minimum atomic E-state index is -3.52. The number of benzene rings is 2. The van der Waals surface area contributed by atoms with Crippen LogP contribution in [0.15, 0.2) is 52.4 Å². The molecule has 9 heteroatoms. The predicted octanol–water partition coefficient (Wildman–Crippen LogP) is 3.12. The molecule has 27 heavy (non-hydrogen) atoms. The first-order chi connectivity index (χ1) is 12.8. The molecule has 0 bridgehead atoms. The summed E-state index contributed by atoms with van der Waals surface area (Å²) in [6.07, 6.45) is 0.362. The van der Waals surface area contributed by atoms with Crippen molar-refractivity contribution in [1.82, 2.24) is 9.55 Å². The van der Waals surface area contributed by atoms with Crippen LogP contribution in [-0.4, -0.2) is 29.5 Å². The summed E-state index contributed by atoms with van der Waals surface area (Å²) >= 11 is 7.56. The summed E-state index contributed by atoms with van der Waals surface area (Å²) < 4.78 is 23.8. The smallest absolute Gasteiger partial charge is 0.266 e. The van der Waals surface area contributed by atoms with Crippen LogP contribution in [0.5, 0.6) is 0 Å². The lowest BCUT2D eigenvalue weighted by atomic mass is 10.2. The average molecular weight is 424 g/mol. The molecule has 1 aromatic heterocycles. The maximum atomic E-state index is 13.2. The van der Waals surface area contributed by atoms with Crippen LogP contribution in [0.1, 0.15) is 12.0 Å². The highest BCUT2D eigenvalue weighted by Gasteiger charge is 2.16. The zero-order valence-corrected chi connectivity index (χ0v) is 16.9. The van der Waals surface area contributed by atoms with Gasteiger partial charge in [-0.2, -0.15) is 0 Å². The molecular formula is C18H18ClN3O3S2. The fourth-order valence-electron chi connectivity index (χ4n) is 2.68. The molecule has 2 aromatic carbocycles. The number of primary sulfonamides is 1. The third-order valence-corrected chi connectivity index (χ3v) is 6.32. The van der Waals surface area contributed by atoms with E-state index < -0.39 is 10.0 Å². The van der Waals surface area contributed by atoms with Gasteiger partial charge in [0.2, 0.25) is 10.0 Å². The monoisotopic (exact) mass is 423 g/mol. The fraction of sp³-hybridized carbons (Fsp3) is 0.222. The van der Waals surface area contributed by atoms with Crippen molar-refractivity contribution in [2.45, 2.75) is 18.5 Å². The van der Waals surface area contributed by atoms with E-state index in [2.05, 4.69) is 4.98 Å². The zero-order chi connectivity index (χ0) is 19.6. The average Bonchev–Trinajstić information content (AvgIpc) is 2.61. The topological polar surface area (TPSA) is 95.1 Å². The molecular weight excluding hydrogens is 406 g/mol. The van der Waals surface area contributed by atoms with E-state index in [9.17, 15) is 13.2 Å². The number of rotatable bonds is 6. The van der Waals surface area contributed by atoms with Crippen LogP contribution in [0, 0.1) is 6.92 Å². The maximum absolute atomic E-state index is 13.2. The summed E-state index contributed by atoms with van der Waals surface area (Å²) in [6.45, 7) is 1.84. The number of nitrogens with two attached hydrogens (primary N) is 1. The van der Waals surface area contributed by atoms with Crippen molar-refractivity contribution >= 4 is 44.3 Å². The van der Waals surface area contributed by atoms with Crippen LogP contribution < -0.4 is 10.7 Å². The van der Waals surface area contributed by atoms with Gasteiger partial charge in [0.15, 0.2) is 5.16 Å². The fourth-order valence-corrected chi connectivity index (χ4v) is 4.53. The van der Waals surface area contributed by atoms with Crippen molar-refractivity contribution in [3.63, 3.8) is 0 Å². The Morgan fingerprint density at radius 1 is 1.19 bits per heavy atom. The molecule has 0 aliphatic rings. The van der Waals surface area contributed by atoms with Crippen LogP contribution in [-0.2, 0) is 10.0 Å². The summed E-state index contributed by atoms with van der Waals surface area (Å²) in [6, 6.07) is 12.5. The highest BCUT2D eigenvalue weighted by molar-refractivity contribution is 7.99. The first kappa shape index (κ1) is 19.9. The predicted molar refractivity (Wildman–Crippen MR) is 110 cm³/mol. The summed E-state index contributed by atoms with van der Waals surface area (Å²) in [7, 11) is -3.52. The van der Waals surface area contributed by atoms with Gasteiger partial charge in [-0.15, -0.1) is 0 Å². The second-order valence-corrected chi connectivity index (χ2v) is 9.21. The second kappa shape index (κ2) is 8.02. The number of sulfonamides is 1. The summed E-state index contributed by atoms with van der Waals surface area (Å²) in [4.78, 5) is 17.8. The lowest BCUT2D eigenvalue weighted by Crippen LogP contribution is -2.23. The molecule has 1 heterocycles. The van der Waals surface area contributed by atoms with E-state index in [0.717, 1.165) is 5.56 Å². The van der Waals surface area contributed by atoms with E-state index in [4.69, 9.17) is 16.7 Å². The van der Waals surface area contributed by atoms with Gasteiger partial charge in [-0.1, -0.05) is 41.6 Å². The van der Waals surface area contributed by atoms with Crippen molar-refractivity contribution in [3.05, 3.63) is 63.4 Å². The van der Waals surface area contributed by atoms with Gasteiger partial charge in [-0.25, -0.2) is 18.5 Å². The number of aromatic nitrogens is 2. The van der Waals surface area contributed by atoms with Crippen molar-refractivity contribution in [2.24, 2.45) is 5.14 Å². The minimum Gasteiger partial charge on any atom is -0.268 e. The van der Waals surface area contributed by atoms with Gasteiger partial charge in [0.1, 0.15) is 0 Å². The number of hydrogen-bond donors (Lipinski definition) is 1. The lowest BCUT2D eigenvalue weighted by molar-refractivity contribution is 0.596. The number of thioether (sulfide) groups is 1. The Kier molecular flexibility index (Phi) is 5.90. The normalized spacial score (nSPS) is 11.8. The van der Waals surface area contributed by atoms with Crippen LogP contribution in [0.25, 0.3) is 16.6 Å². The van der Waals surface area contributed by atoms with Gasteiger partial charge in [-0.05, 0) is 43.2 Å². The van der Waals surface area contributed by atoms with Crippen molar-refractivity contribution in [1.29, 1.82) is 0 Å². The molecule has 0 saturated carbocycles. The number of fused-ring (bicyclic) bond motifs is 1. The molecule has 0 radical (unpaired) electrons. The van der Waals surface area contributed by atoms with Gasteiger partial charge in [0.25, 0.3) is 5.56 Å². The number of para-hydroxylation sites is 1. The molecule has 0 saturated heterocycles. The third kappa shape index (κ3) is 4.52. The molecule has 0 spiro atoms. The van der Waals surface area contributed by atoms with Crippen LogP contribution in [0.3, 0.4) is 0 Å². The Morgan fingerprint density at radius 2 is 1.93 bits per heavy atom. The number of nitrogens with zero attached hydrogens (tertiary/aromatic N) is 2. The number of halogens is 1. The van der Waals surface area contributed by atoms with Crippen LogP contribution in [0.2, 0.25) is 5.02 Å². The summed E-state index contributed by atoms with van der Waals surface area (Å²) in [5.41, 5.74) is 1.82. The SMILES string of the molecule is Cc1c(Cl)cccc1-n1c(SCCCS(N)(=O)=O)nc2ccccc2c1=O. The van der Waals surface area contributed by atoms with E-state index in [1.54, 1.807) is 30.3 Å². The Morgan fingerprint density at radius 3 is 2.67 bits per heavy atom. The highest BCUT2D eigenvalue weighted by Crippen LogP contribution is 2.26. The molecule has 3 rings (SSSR count). The molecule has 6 nitrogen and oxygen atoms in total. The Labute approximate surface area is 166 Å². The first-order valence-corrected chi connectivity index (χ1v) is 11.3. The molecule has 0 unspecified atom stereocenters. The minimum absolute atomic E-state index is 0.117. The Hall–Kier alpha value is -1.87. The van der Waals surface area contributed by atoms with E-state index in [-0.39, 0.29) is 11.3 Å². The first-order valence-electron chi connectivity index (χ1n) is 8.18. The van der Waals surface area contributed by atoms with Crippen LogP contribution in [0.4, 0.5) is 0 Å². The van der Waals surface area contributed by atoms with E-state index in [0.29, 0.717) is 38.9 Å². The largest absolute Gasteiger partial charge is 0.268 e. The van der Waals surface area contributed by atoms with Gasteiger partial charge in [0, 0.05) is 10.8 Å². The third-order valence-electron chi connectivity index (χ3n) is 4.03. The van der Waals surface area contributed by atoms with Gasteiger partial charge >= 0.3 is 0 Å². The van der Waals surface area contributed by atoms with E-state index in [1.807, 2.05) is 19.1 Å². The lowest BCUT2D eigenvalue weighted by Gasteiger charge is -2.15. The molecule has 2 N–H and O–H groups in total.